The first kappa shape index (κ1) is 21.3. The van der Waals surface area contributed by atoms with Crippen LogP contribution in [0.3, 0.4) is 0 Å². The van der Waals surface area contributed by atoms with Crippen LogP contribution < -0.4 is 10.7 Å². The molecule has 3 aromatic carbocycles. The van der Waals surface area contributed by atoms with E-state index >= 15 is 0 Å². The highest BCUT2D eigenvalue weighted by atomic mass is 19.1. The van der Waals surface area contributed by atoms with Crippen molar-refractivity contribution < 1.29 is 9.18 Å². The van der Waals surface area contributed by atoms with Crippen molar-refractivity contribution in [2.24, 2.45) is 0 Å². The van der Waals surface area contributed by atoms with Crippen LogP contribution in [0.2, 0.25) is 0 Å². The molecule has 5 aromatic rings. The van der Waals surface area contributed by atoms with Gasteiger partial charge < -0.3 is 5.32 Å². The number of hydrogen-bond acceptors (Lipinski definition) is 4. The standard InChI is InChI=1S/C28H20FN3O2/c1-18-16-23(27(34)19-12-14-20(29)15-13-19)31-28-26(18)24(33)17-25(30-21-8-4-2-5-9-21)32(28)22-10-6-3-7-11-22/h2-17,30H,1H3. The van der Waals surface area contributed by atoms with Gasteiger partial charge in [-0.2, -0.15) is 0 Å². The van der Waals surface area contributed by atoms with E-state index in [2.05, 4.69) is 10.3 Å². The Morgan fingerprint density at radius 2 is 1.53 bits per heavy atom. The summed E-state index contributed by atoms with van der Waals surface area (Å²) in [4.78, 5) is 31.0. The van der Waals surface area contributed by atoms with Crippen LogP contribution >= 0.6 is 0 Å². The Kier molecular flexibility index (Phi) is 5.47. The molecule has 0 radical (unpaired) electrons. The third kappa shape index (κ3) is 3.97. The molecule has 0 aliphatic heterocycles. The summed E-state index contributed by atoms with van der Waals surface area (Å²) < 4.78 is 15.2. The van der Waals surface area contributed by atoms with Gasteiger partial charge >= 0.3 is 0 Å². The minimum atomic E-state index is -0.422. The highest BCUT2D eigenvalue weighted by molar-refractivity contribution is 6.08. The van der Waals surface area contributed by atoms with Gasteiger partial charge in [0.05, 0.1) is 5.39 Å². The lowest BCUT2D eigenvalue weighted by Gasteiger charge is -2.19. The second-order valence-corrected chi connectivity index (χ2v) is 7.91. The third-order valence-corrected chi connectivity index (χ3v) is 5.56. The number of pyridine rings is 2. The summed E-state index contributed by atoms with van der Waals surface area (Å²) in [7, 11) is 0. The van der Waals surface area contributed by atoms with Crippen LogP contribution in [-0.4, -0.2) is 15.3 Å². The third-order valence-electron chi connectivity index (χ3n) is 5.56. The molecule has 0 fully saturated rings. The molecule has 34 heavy (non-hydrogen) atoms. The van der Waals surface area contributed by atoms with E-state index in [-0.39, 0.29) is 16.9 Å². The molecule has 0 aliphatic carbocycles. The Hall–Kier alpha value is -4.58. The minimum absolute atomic E-state index is 0.178. The van der Waals surface area contributed by atoms with E-state index in [4.69, 9.17) is 0 Å². The predicted octanol–water partition coefficient (Wildman–Crippen LogP) is 5.81. The summed E-state index contributed by atoms with van der Waals surface area (Å²) >= 11 is 0. The number of carbonyl (C=O) groups is 1. The summed E-state index contributed by atoms with van der Waals surface area (Å²) in [5, 5.41) is 3.74. The smallest absolute Gasteiger partial charge is 0.211 e. The van der Waals surface area contributed by atoms with Crippen molar-refractivity contribution in [2.75, 3.05) is 5.32 Å². The number of hydrogen-bond donors (Lipinski definition) is 1. The first-order valence-electron chi connectivity index (χ1n) is 10.8. The molecule has 0 amide bonds. The van der Waals surface area contributed by atoms with E-state index in [1.807, 2.05) is 65.2 Å². The molecule has 166 valence electrons. The van der Waals surface area contributed by atoms with E-state index in [1.54, 1.807) is 19.1 Å². The molecule has 0 unspecified atom stereocenters. The fourth-order valence-corrected chi connectivity index (χ4v) is 3.96. The van der Waals surface area contributed by atoms with Gasteiger partial charge in [-0.05, 0) is 67.1 Å². The predicted molar refractivity (Wildman–Crippen MR) is 132 cm³/mol. The summed E-state index contributed by atoms with van der Waals surface area (Å²) in [6, 6.07) is 27.5. The van der Waals surface area contributed by atoms with Crippen LogP contribution in [-0.2, 0) is 0 Å². The normalized spacial score (nSPS) is 10.9. The minimum Gasteiger partial charge on any atom is -0.341 e. The lowest BCUT2D eigenvalue weighted by Crippen LogP contribution is -2.16. The number of aryl methyl sites for hydroxylation is 1. The molecule has 0 aliphatic rings. The van der Waals surface area contributed by atoms with Crippen molar-refractivity contribution in [3.8, 4) is 5.69 Å². The van der Waals surface area contributed by atoms with Crippen LogP contribution in [0, 0.1) is 12.7 Å². The summed E-state index contributed by atoms with van der Waals surface area (Å²) in [5.41, 5.74) is 2.88. The quantitative estimate of drug-likeness (QED) is 0.344. The monoisotopic (exact) mass is 449 g/mol. The molecule has 2 heterocycles. The number of nitrogens with one attached hydrogen (secondary N) is 1. The molecule has 0 saturated heterocycles. The summed E-state index contributed by atoms with van der Waals surface area (Å²) in [6.07, 6.45) is 0. The number of halogens is 1. The van der Waals surface area contributed by atoms with Crippen molar-refractivity contribution in [2.45, 2.75) is 6.92 Å². The molecular formula is C28H20FN3O2. The van der Waals surface area contributed by atoms with Crippen molar-refractivity contribution in [3.05, 3.63) is 130 Å². The second-order valence-electron chi connectivity index (χ2n) is 7.91. The fraction of sp³-hybridized carbons (Fsp3) is 0.0357. The second kappa shape index (κ2) is 8.75. The van der Waals surface area contributed by atoms with Crippen LogP contribution in [0.4, 0.5) is 15.9 Å². The van der Waals surface area contributed by atoms with E-state index in [9.17, 15) is 14.0 Å². The Morgan fingerprint density at radius 3 is 2.21 bits per heavy atom. The Bertz CT molecular complexity index is 1560. The summed E-state index contributed by atoms with van der Waals surface area (Å²) in [6.45, 7) is 1.78. The van der Waals surface area contributed by atoms with Gasteiger partial charge in [0, 0.05) is 23.0 Å². The average Bonchev–Trinajstić information content (AvgIpc) is 2.85. The largest absolute Gasteiger partial charge is 0.341 e. The molecular weight excluding hydrogens is 429 g/mol. The molecule has 0 atom stereocenters. The number of para-hydroxylation sites is 2. The zero-order chi connectivity index (χ0) is 23.7. The van der Waals surface area contributed by atoms with Crippen molar-refractivity contribution in [1.29, 1.82) is 0 Å². The van der Waals surface area contributed by atoms with E-state index in [0.29, 0.717) is 28.0 Å². The van der Waals surface area contributed by atoms with Crippen molar-refractivity contribution in [1.82, 2.24) is 9.55 Å². The van der Waals surface area contributed by atoms with Crippen LogP contribution in [0.5, 0.6) is 0 Å². The molecule has 0 spiro atoms. The molecule has 0 saturated carbocycles. The Labute approximate surface area is 195 Å². The maximum Gasteiger partial charge on any atom is 0.211 e. The Balaban J connectivity index is 1.77. The van der Waals surface area contributed by atoms with Crippen LogP contribution in [0.25, 0.3) is 16.7 Å². The lowest BCUT2D eigenvalue weighted by molar-refractivity contribution is 0.103. The maximum absolute atomic E-state index is 13.4. The number of anilines is 2. The molecule has 2 aromatic heterocycles. The number of ketones is 1. The molecule has 5 nitrogen and oxygen atoms in total. The highest BCUT2D eigenvalue weighted by Gasteiger charge is 2.19. The average molecular weight is 449 g/mol. The van der Waals surface area contributed by atoms with Gasteiger partial charge in [-0.15, -0.1) is 0 Å². The number of rotatable bonds is 5. The number of carbonyl (C=O) groups excluding carboxylic acids is 1. The van der Waals surface area contributed by atoms with E-state index in [0.717, 1.165) is 11.4 Å². The topological polar surface area (TPSA) is 64.0 Å². The van der Waals surface area contributed by atoms with Gasteiger partial charge in [-0.3, -0.25) is 14.2 Å². The van der Waals surface area contributed by atoms with E-state index in [1.165, 1.54) is 24.3 Å². The summed E-state index contributed by atoms with van der Waals surface area (Å²) in [5.74, 6) is -0.250. The zero-order valence-corrected chi connectivity index (χ0v) is 18.3. The number of benzene rings is 3. The van der Waals surface area contributed by atoms with Gasteiger partial charge in [0.15, 0.2) is 11.1 Å². The number of nitrogens with zero attached hydrogens (tertiary/aromatic N) is 2. The van der Waals surface area contributed by atoms with Gasteiger partial charge in [-0.25, -0.2) is 9.37 Å². The first-order valence-corrected chi connectivity index (χ1v) is 10.8. The molecule has 1 N–H and O–H groups in total. The van der Waals surface area contributed by atoms with Crippen LogP contribution in [0.1, 0.15) is 21.6 Å². The van der Waals surface area contributed by atoms with Crippen LogP contribution in [0.15, 0.2) is 102 Å². The molecule has 0 bridgehead atoms. The first-order chi connectivity index (χ1) is 16.5. The van der Waals surface area contributed by atoms with Gasteiger partial charge in [0.1, 0.15) is 17.3 Å². The number of aromatic nitrogens is 2. The molecule has 5 rings (SSSR count). The lowest BCUT2D eigenvalue weighted by atomic mass is 10.0. The van der Waals surface area contributed by atoms with Crippen molar-refractivity contribution in [3.63, 3.8) is 0 Å². The van der Waals surface area contributed by atoms with E-state index < -0.39 is 5.82 Å². The highest BCUT2D eigenvalue weighted by Crippen LogP contribution is 2.26. The van der Waals surface area contributed by atoms with Gasteiger partial charge in [0.25, 0.3) is 0 Å². The maximum atomic E-state index is 13.4. The Morgan fingerprint density at radius 1 is 0.882 bits per heavy atom. The SMILES string of the molecule is Cc1cc(C(=O)c2ccc(F)cc2)nc2c1c(=O)cc(Nc1ccccc1)n2-c1ccccc1. The zero-order valence-electron chi connectivity index (χ0n) is 18.3. The number of fused-ring (bicyclic) bond motifs is 1. The molecule has 6 heteroatoms. The fourth-order valence-electron chi connectivity index (χ4n) is 3.96. The van der Waals surface area contributed by atoms with Crippen molar-refractivity contribution >= 4 is 28.3 Å². The van der Waals surface area contributed by atoms with Gasteiger partial charge in [0.2, 0.25) is 5.78 Å². The van der Waals surface area contributed by atoms with Gasteiger partial charge in [-0.1, -0.05) is 36.4 Å².